The van der Waals surface area contributed by atoms with Crippen LogP contribution < -0.4 is 4.72 Å². The van der Waals surface area contributed by atoms with Gasteiger partial charge in [-0.2, -0.15) is 15.2 Å². The molecule has 0 bridgehead atoms. The van der Waals surface area contributed by atoms with Gasteiger partial charge in [-0.25, -0.2) is 13.4 Å². The molecule has 1 fully saturated rings. The Bertz CT molecular complexity index is 638. The van der Waals surface area contributed by atoms with Crippen LogP contribution >= 0.6 is 0 Å². The van der Waals surface area contributed by atoms with Crippen LogP contribution in [0.3, 0.4) is 0 Å². The minimum Gasteiger partial charge on any atom is -0.244 e. The molecule has 1 aliphatic carbocycles. The Balaban J connectivity index is 2.31. The van der Waals surface area contributed by atoms with Crippen LogP contribution in [0.1, 0.15) is 18.5 Å². The van der Waals surface area contributed by atoms with E-state index >= 15 is 0 Å². The summed E-state index contributed by atoms with van der Waals surface area (Å²) in [4.78, 5) is 3.51. The molecule has 1 saturated carbocycles. The van der Waals surface area contributed by atoms with Crippen LogP contribution in [0.2, 0.25) is 0 Å². The average Bonchev–Trinajstić information content (AvgIpc) is 3.20. The third-order valence-corrected chi connectivity index (χ3v) is 4.15. The van der Waals surface area contributed by atoms with Gasteiger partial charge in [0.15, 0.2) is 5.69 Å². The lowest BCUT2D eigenvalue weighted by molar-refractivity contribution is 0.559. The summed E-state index contributed by atoms with van der Waals surface area (Å²) in [6, 6.07) is 5.66. The standard InChI is InChI=1S/C11H10N4O2S/c12-6-9(8-3-4-8)15-18(16,17)11-2-1-5-14-10(11)7-13/h1-2,5,8-9,15H,3-4H2. The molecule has 6 nitrogen and oxygen atoms in total. The first-order valence-corrected chi connectivity index (χ1v) is 6.84. The van der Waals surface area contributed by atoms with Crippen LogP contribution in [-0.2, 0) is 10.0 Å². The van der Waals surface area contributed by atoms with Crippen molar-refractivity contribution in [3.05, 3.63) is 24.0 Å². The van der Waals surface area contributed by atoms with E-state index in [0.717, 1.165) is 12.8 Å². The predicted molar refractivity (Wildman–Crippen MR) is 61.4 cm³/mol. The van der Waals surface area contributed by atoms with Crippen LogP contribution in [0.4, 0.5) is 0 Å². The number of nitriles is 2. The van der Waals surface area contributed by atoms with Gasteiger partial charge in [0.05, 0.1) is 6.07 Å². The van der Waals surface area contributed by atoms with Gasteiger partial charge in [-0.1, -0.05) is 0 Å². The Morgan fingerprint density at radius 3 is 2.72 bits per heavy atom. The zero-order valence-electron chi connectivity index (χ0n) is 9.37. The first kappa shape index (κ1) is 12.5. The Morgan fingerprint density at radius 1 is 1.44 bits per heavy atom. The highest BCUT2D eigenvalue weighted by Gasteiger charge is 2.35. The van der Waals surface area contributed by atoms with E-state index in [1.54, 1.807) is 6.07 Å². The molecule has 7 heteroatoms. The minimum absolute atomic E-state index is 0.0759. The van der Waals surface area contributed by atoms with Crippen molar-refractivity contribution in [2.75, 3.05) is 0 Å². The second kappa shape index (κ2) is 4.73. The van der Waals surface area contributed by atoms with Crippen molar-refractivity contribution >= 4 is 10.0 Å². The monoisotopic (exact) mass is 262 g/mol. The fourth-order valence-electron chi connectivity index (χ4n) is 1.58. The molecule has 18 heavy (non-hydrogen) atoms. The van der Waals surface area contributed by atoms with E-state index in [2.05, 4.69) is 9.71 Å². The highest BCUT2D eigenvalue weighted by atomic mass is 32.2. The number of aromatic nitrogens is 1. The number of nitrogens with one attached hydrogen (secondary N) is 1. The Kier molecular flexibility index (Phi) is 3.28. The normalized spacial score (nSPS) is 16.6. The molecule has 0 radical (unpaired) electrons. The number of hydrogen-bond donors (Lipinski definition) is 1. The van der Waals surface area contributed by atoms with E-state index in [4.69, 9.17) is 10.5 Å². The summed E-state index contributed by atoms with van der Waals surface area (Å²) in [5, 5.41) is 17.7. The van der Waals surface area contributed by atoms with E-state index in [1.165, 1.54) is 18.3 Å². The van der Waals surface area contributed by atoms with Gasteiger partial charge in [-0.3, -0.25) is 0 Å². The highest BCUT2D eigenvalue weighted by molar-refractivity contribution is 7.89. The van der Waals surface area contributed by atoms with E-state index in [-0.39, 0.29) is 16.5 Å². The van der Waals surface area contributed by atoms with Gasteiger partial charge in [0, 0.05) is 6.20 Å². The van der Waals surface area contributed by atoms with Crippen molar-refractivity contribution in [3.63, 3.8) is 0 Å². The molecule has 0 spiro atoms. The minimum atomic E-state index is -3.88. The molecule has 1 aromatic heterocycles. The van der Waals surface area contributed by atoms with Gasteiger partial charge in [0.1, 0.15) is 17.0 Å². The van der Waals surface area contributed by atoms with Crippen LogP contribution in [-0.4, -0.2) is 19.4 Å². The fraction of sp³-hybridized carbons (Fsp3) is 0.364. The topological polar surface area (TPSA) is 107 Å². The van der Waals surface area contributed by atoms with Crippen molar-refractivity contribution in [3.8, 4) is 12.1 Å². The summed E-state index contributed by atoms with van der Waals surface area (Å²) in [5.74, 6) is 0.0759. The second-order valence-corrected chi connectivity index (χ2v) is 5.71. The number of pyridine rings is 1. The summed E-state index contributed by atoms with van der Waals surface area (Å²) >= 11 is 0. The molecule has 0 aliphatic heterocycles. The molecule has 0 aromatic carbocycles. The molecule has 0 amide bonds. The zero-order valence-corrected chi connectivity index (χ0v) is 10.2. The van der Waals surface area contributed by atoms with Crippen LogP contribution in [0.5, 0.6) is 0 Å². The lowest BCUT2D eigenvalue weighted by Crippen LogP contribution is -2.35. The zero-order chi connectivity index (χ0) is 13.2. The van der Waals surface area contributed by atoms with E-state index in [0.29, 0.717) is 0 Å². The number of sulfonamides is 1. The van der Waals surface area contributed by atoms with Gasteiger partial charge in [-0.15, -0.1) is 0 Å². The number of hydrogen-bond acceptors (Lipinski definition) is 5. The van der Waals surface area contributed by atoms with Gasteiger partial charge in [0.25, 0.3) is 0 Å². The van der Waals surface area contributed by atoms with Crippen molar-refractivity contribution < 1.29 is 8.42 Å². The first-order chi connectivity index (χ1) is 8.58. The van der Waals surface area contributed by atoms with Crippen molar-refractivity contribution in [2.45, 2.75) is 23.8 Å². The van der Waals surface area contributed by atoms with Gasteiger partial charge >= 0.3 is 0 Å². The summed E-state index contributed by atoms with van der Waals surface area (Å²) in [6.07, 6.45) is 3.04. The molecule has 1 aromatic rings. The molecule has 1 N–H and O–H groups in total. The smallest absolute Gasteiger partial charge is 0.244 e. The lowest BCUT2D eigenvalue weighted by Gasteiger charge is -2.11. The largest absolute Gasteiger partial charge is 0.244 e. The van der Waals surface area contributed by atoms with E-state index in [1.807, 2.05) is 6.07 Å². The SMILES string of the molecule is N#Cc1ncccc1S(=O)(=O)NC(C#N)C1CC1. The number of rotatable bonds is 4. The first-order valence-electron chi connectivity index (χ1n) is 5.35. The summed E-state index contributed by atoms with van der Waals surface area (Å²) < 4.78 is 26.4. The molecular weight excluding hydrogens is 252 g/mol. The van der Waals surface area contributed by atoms with Crippen molar-refractivity contribution in [2.24, 2.45) is 5.92 Å². The fourth-order valence-corrected chi connectivity index (χ4v) is 2.90. The molecule has 1 unspecified atom stereocenters. The predicted octanol–water partition coefficient (Wildman–Crippen LogP) is 0.534. The molecule has 92 valence electrons. The maximum atomic E-state index is 12.1. The number of nitrogens with zero attached hydrogens (tertiary/aromatic N) is 3. The Hall–Kier alpha value is -1.96. The average molecular weight is 262 g/mol. The lowest BCUT2D eigenvalue weighted by atomic mass is 10.2. The molecule has 1 aliphatic rings. The quantitative estimate of drug-likeness (QED) is 0.851. The van der Waals surface area contributed by atoms with E-state index < -0.39 is 16.1 Å². The maximum Gasteiger partial charge on any atom is 0.244 e. The third-order valence-electron chi connectivity index (χ3n) is 2.68. The van der Waals surface area contributed by atoms with Crippen molar-refractivity contribution in [1.29, 1.82) is 10.5 Å². The van der Waals surface area contributed by atoms with Crippen LogP contribution in [0, 0.1) is 28.6 Å². The Morgan fingerprint density at radius 2 is 2.17 bits per heavy atom. The second-order valence-electron chi connectivity index (χ2n) is 4.03. The molecular formula is C11H10N4O2S. The molecule has 2 rings (SSSR count). The van der Waals surface area contributed by atoms with Gasteiger partial charge in [-0.05, 0) is 30.9 Å². The third kappa shape index (κ3) is 2.48. The molecule has 0 saturated heterocycles. The van der Waals surface area contributed by atoms with Crippen molar-refractivity contribution in [1.82, 2.24) is 9.71 Å². The van der Waals surface area contributed by atoms with Gasteiger partial charge < -0.3 is 0 Å². The Labute approximate surface area is 105 Å². The summed E-state index contributed by atoms with van der Waals surface area (Å²) in [6.45, 7) is 0. The summed E-state index contributed by atoms with van der Waals surface area (Å²) in [5.41, 5.74) is -0.169. The van der Waals surface area contributed by atoms with Crippen LogP contribution in [0.25, 0.3) is 0 Å². The van der Waals surface area contributed by atoms with E-state index in [9.17, 15) is 8.42 Å². The van der Waals surface area contributed by atoms with Gasteiger partial charge in [0.2, 0.25) is 10.0 Å². The summed E-state index contributed by atoms with van der Waals surface area (Å²) in [7, 11) is -3.88. The maximum absolute atomic E-state index is 12.1. The molecule has 1 atom stereocenters. The van der Waals surface area contributed by atoms with Crippen LogP contribution in [0.15, 0.2) is 23.2 Å². The highest BCUT2D eigenvalue weighted by Crippen LogP contribution is 2.33. The molecule has 1 heterocycles.